The van der Waals surface area contributed by atoms with E-state index in [9.17, 15) is 4.79 Å². The average molecular weight is 333 g/mol. The van der Waals surface area contributed by atoms with E-state index in [1.807, 2.05) is 67.6 Å². The maximum Gasteiger partial charge on any atom is 0.322 e. The Morgan fingerprint density at radius 3 is 2.20 bits per heavy atom. The van der Waals surface area contributed by atoms with Crippen molar-refractivity contribution in [2.45, 2.75) is 19.3 Å². The van der Waals surface area contributed by atoms with Gasteiger partial charge in [0.1, 0.15) is 5.75 Å². The molecule has 0 unspecified atom stereocenters. The Kier molecular flexibility index (Phi) is 5.36. The Labute approximate surface area is 146 Å². The van der Waals surface area contributed by atoms with Crippen LogP contribution in [0.4, 0.5) is 5.69 Å². The first-order valence-corrected chi connectivity index (χ1v) is 8.17. The van der Waals surface area contributed by atoms with Gasteiger partial charge in [-0.15, -0.1) is 0 Å². The zero-order chi connectivity index (χ0) is 17.5. The van der Waals surface area contributed by atoms with Gasteiger partial charge in [-0.2, -0.15) is 0 Å². The van der Waals surface area contributed by atoms with E-state index >= 15 is 0 Å². The number of nitrogens with zero attached hydrogens (tertiary/aromatic N) is 2. The Morgan fingerprint density at radius 2 is 1.60 bits per heavy atom. The molecule has 0 saturated heterocycles. The number of anilines is 1. The third kappa shape index (κ3) is 4.41. The maximum atomic E-state index is 12.5. The molecule has 1 heterocycles. The molecule has 0 radical (unpaired) electrons. The standard InChI is InChI=1S/C20H19N3O2/c1-2-18(15-9-5-3-6-10-15)19(24)23-16-13-21-20(22-14-16)25-17-11-7-4-8-12-17/h3-14,18H,2H2,1H3,(H,23,24)/t18-/m0/s1. The van der Waals surface area contributed by atoms with Crippen LogP contribution in [0.1, 0.15) is 24.8 Å². The zero-order valence-corrected chi connectivity index (χ0v) is 13.9. The van der Waals surface area contributed by atoms with Crippen molar-refractivity contribution in [1.82, 2.24) is 9.97 Å². The summed E-state index contributed by atoms with van der Waals surface area (Å²) in [5.41, 5.74) is 1.53. The minimum atomic E-state index is -0.207. The van der Waals surface area contributed by atoms with Gasteiger partial charge in [-0.05, 0) is 24.1 Å². The lowest BCUT2D eigenvalue weighted by atomic mass is 9.95. The van der Waals surface area contributed by atoms with Gasteiger partial charge in [0, 0.05) is 0 Å². The van der Waals surface area contributed by atoms with Gasteiger partial charge in [0.15, 0.2) is 0 Å². The fraction of sp³-hybridized carbons (Fsp3) is 0.150. The number of carbonyl (C=O) groups excluding carboxylic acids is 1. The second-order valence-electron chi connectivity index (χ2n) is 5.53. The van der Waals surface area contributed by atoms with Crippen LogP contribution in [-0.2, 0) is 4.79 Å². The second-order valence-corrected chi connectivity index (χ2v) is 5.53. The molecule has 5 nitrogen and oxygen atoms in total. The summed E-state index contributed by atoms with van der Waals surface area (Å²) in [7, 11) is 0. The van der Waals surface area contributed by atoms with E-state index in [2.05, 4.69) is 15.3 Å². The number of para-hydroxylation sites is 1. The molecule has 1 aromatic heterocycles. The molecule has 0 aliphatic rings. The molecular formula is C20H19N3O2. The minimum Gasteiger partial charge on any atom is -0.424 e. The van der Waals surface area contributed by atoms with Crippen LogP contribution in [0, 0.1) is 0 Å². The third-order valence-electron chi connectivity index (χ3n) is 3.77. The molecule has 0 fully saturated rings. The van der Waals surface area contributed by atoms with E-state index in [0.717, 1.165) is 5.56 Å². The number of carbonyl (C=O) groups is 1. The summed E-state index contributed by atoms with van der Waals surface area (Å²) in [6.07, 6.45) is 3.80. The highest BCUT2D eigenvalue weighted by atomic mass is 16.5. The summed E-state index contributed by atoms with van der Waals surface area (Å²) in [5, 5.41) is 2.86. The number of rotatable bonds is 6. The van der Waals surface area contributed by atoms with E-state index < -0.39 is 0 Å². The van der Waals surface area contributed by atoms with Gasteiger partial charge in [0.2, 0.25) is 5.91 Å². The molecule has 0 aliphatic carbocycles. The van der Waals surface area contributed by atoms with Gasteiger partial charge in [-0.3, -0.25) is 4.79 Å². The smallest absolute Gasteiger partial charge is 0.322 e. The molecule has 3 rings (SSSR count). The van der Waals surface area contributed by atoms with Gasteiger partial charge in [0.05, 0.1) is 24.0 Å². The second kappa shape index (κ2) is 8.06. The Bertz CT molecular complexity index is 805. The molecular weight excluding hydrogens is 314 g/mol. The molecule has 2 aromatic carbocycles. The van der Waals surface area contributed by atoms with Gasteiger partial charge < -0.3 is 10.1 Å². The molecule has 126 valence electrons. The molecule has 0 spiro atoms. The van der Waals surface area contributed by atoms with E-state index in [0.29, 0.717) is 17.9 Å². The number of ether oxygens (including phenoxy) is 1. The maximum absolute atomic E-state index is 12.5. The van der Waals surface area contributed by atoms with Crippen LogP contribution < -0.4 is 10.1 Å². The zero-order valence-electron chi connectivity index (χ0n) is 13.9. The van der Waals surface area contributed by atoms with Crippen LogP contribution in [0.3, 0.4) is 0 Å². The third-order valence-corrected chi connectivity index (χ3v) is 3.77. The summed E-state index contributed by atoms with van der Waals surface area (Å²) in [4.78, 5) is 20.8. The van der Waals surface area contributed by atoms with Crippen molar-refractivity contribution < 1.29 is 9.53 Å². The topological polar surface area (TPSA) is 64.1 Å². The number of benzene rings is 2. The molecule has 3 aromatic rings. The minimum absolute atomic E-state index is 0.0750. The molecule has 0 bridgehead atoms. The van der Waals surface area contributed by atoms with Crippen molar-refractivity contribution >= 4 is 11.6 Å². The van der Waals surface area contributed by atoms with Crippen molar-refractivity contribution in [3.05, 3.63) is 78.6 Å². The highest BCUT2D eigenvalue weighted by Gasteiger charge is 2.18. The van der Waals surface area contributed by atoms with Gasteiger partial charge in [0.25, 0.3) is 0 Å². The number of hydrogen-bond acceptors (Lipinski definition) is 4. The molecule has 0 saturated carbocycles. The molecule has 0 aliphatic heterocycles. The molecule has 1 atom stereocenters. The summed E-state index contributed by atoms with van der Waals surface area (Å²) in [6.45, 7) is 1.99. The first kappa shape index (κ1) is 16.6. The van der Waals surface area contributed by atoms with Crippen molar-refractivity contribution in [2.75, 3.05) is 5.32 Å². The monoisotopic (exact) mass is 333 g/mol. The normalized spacial score (nSPS) is 11.6. The van der Waals surface area contributed by atoms with Gasteiger partial charge in [-0.1, -0.05) is 55.5 Å². The summed E-state index contributed by atoms with van der Waals surface area (Å²) in [5.74, 6) is 0.380. The SMILES string of the molecule is CC[C@H](C(=O)Nc1cnc(Oc2ccccc2)nc1)c1ccccc1. The van der Waals surface area contributed by atoms with Crippen LogP contribution in [0.25, 0.3) is 0 Å². The van der Waals surface area contributed by atoms with Crippen molar-refractivity contribution in [3.63, 3.8) is 0 Å². The molecule has 1 N–H and O–H groups in total. The lowest BCUT2D eigenvalue weighted by Crippen LogP contribution is -2.20. The van der Waals surface area contributed by atoms with E-state index in [4.69, 9.17) is 4.74 Å². The van der Waals surface area contributed by atoms with Gasteiger partial charge >= 0.3 is 6.01 Å². The largest absolute Gasteiger partial charge is 0.424 e. The van der Waals surface area contributed by atoms with Crippen molar-refractivity contribution in [2.24, 2.45) is 0 Å². The fourth-order valence-corrected chi connectivity index (χ4v) is 2.51. The Hall–Kier alpha value is -3.21. The lowest BCUT2D eigenvalue weighted by molar-refractivity contribution is -0.117. The van der Waals surface area contributed by atoms with Crippen molar-refractivity contribution in [1.29, 1.82) is 0 Å². The quantitative estimate of drug-likeness (QED) is 0.726. The van der Waals surface area contributed by atoms with E-state index in [-0.39, 0.29) is 17.8 Å². The van der Waals surface area contributed by atoms with Crippen LogP contribution in [0.5, 0.6) is 11.8 Å². The highest BCUT2D eigenvalue weighted by molar-refractivity contribution is 5.95. The summed E-state index contributed by atoms with van der Waals surface area (Å²) < 4.78 is 5.54. The number of hydrogen-bond donors (Lipinski definition) is 1. The number of amides is 1. The lowest BCUT2D eigenvalue weighted by Gasteiger charge is -2.15. The molecule has 1 amide bonds. The van der Waals surface area contributed by atoms with Gasteiger partial charge in [-0.25, -0.2) is 9.97 Å². The predicted octanol–water partition coefficient (Wildman–Crippen LogP) is 4.40. The molecule has 25 heavy (non-hydrogen) atoms. The van der Waals surface area contributed by atoms with Crippen LogP contribution in [0.15, 0.2) is 73.1 Å². The highest BCUT2D eigenvalue weighted by Crippen LogP contribution is 2.22. The fourth-order valence-electron chi connectivity index (χ4n) is 2.51. The first-order chi connectivity index (χ1) is 12.3. The number of nitrogens with one attached hydrogen (secondary N) is 1. The summed E-state index contributed by atoms with van der Waals surface area (Å²) in [6, 6.07) is 19.3. The van der Waals surface area contributed by atoms with Crippen LogP contribution >= 0.6 is 0 Å². The molecule has 5 heteroatoms. The van der Waals surface area contributed by atoms with Crippen LogP contribution in [-0.4, -0.2) is 15.9 Å². The Morgan fingerprint density at radius 1 is 1.00 bits per heavy atom. The van der Waals surface area contributed by atoms with Crippen molar-refractivity contribution in [3.8, 4) is 11.8 Å². The predicted molar refractivity (Wildman–Crippen MR) is 96.7 cm³/mol. The Balaban J connectivity index is 1.65. The van der Waals surface area contributed by atoms with E-state index in [1.54, 1.807) is 12.4 Å². The van der Waals surface area contributed by atoms with Crippen LogP contribution in [0.2, 0.25) is 0 Å². The number of aromatic nitrogens is 2. The first-order valence-electron chi connectivity index (χ1n) is 8.17. The summed E-state index contributed by atoms with van der Waals surface area (Å²) >= 11 is 0. The average Bonchev–Trinajstić information content (AvgIpc) is 2.66. The van der Waals surface area contributed by atoms with E-state index in [1.165, 1.54) is 0 Å².